The minimum Gasteiger partial charge on any atom is -0.406 e. The number of amides is 1. The minimum absolute atomic E-state index is 0.0457. The predicted octanol–water partition coefficient (Wildman–Crippen LogP) is 6.08. The lowest BCUT2D eigenvalue weighted by Gasteiger charge is -2.53. The molecular weight excluding hydrogens is 671 g/mol. The fraction of sp³-hybridized carbons (Fsp3) is 0.317. The molecule has 1 aromatic heterocycles. The van der Waals surface area contributed by atoms with Crippen molar-refractivity contribution in [3.8, 4) is 0 Å². The average Bonchev–Trinajstić information content (AvgIpc) is 3.58. The monoisotopic (exact) mass is 718 g/mol. The highest BCUT2D eigenvalue weighted by atomic mass is 32.1. The van der Waals surface area contributed by atoms with E-state index in [4.69, 9.17) is 13.8 Å². The zero-order chi connectivity index (χ0) is 35.4. The minimum atomic E-state index is -2.68. The Hall–Kier alpha value is -3.87. The summed E-state index contributed by atoms with van der Waals surface area (Å²) in [5, 5.41) is 10.5. The van der Waals surface area contributed by atoms with Gasteiger partial charge in [0.25, 0.3) is 23.3 Å². The van der Waals surface area contributed by atoms with Crippen molar-refractivity contribution in [1.82, 2.24) is 10.3 Å². The van der Waals surface area contributed by atoms with Gasteiger partial charge in [0, 0.05) is 24.4 Å². The summed E-state index contributed by atoms with van der Waals surface area (Å²) < 4.78 is 14.1. The number of thiazole rings is 1. The fourth-order valence-corrected chi connectivity index (χ4v) is 14.4. The first-order valence-electron chi connectivity index (χ1n) is 17.4. The molecule has 4 aromatic carbocycles. The van der Waals surface area contributed by atoms with Gasteiger partial charge in [-0.25, -0.2) is 4.98 Å². The zero-order valence-corrected chi connectivity index (χ0v) is 32.7. The van der Waals surface area contributed by atoms with Crippen molar-refractivity contribution in [2.45, 2.75) is 52.8 Å². The van der Waals surface area contributed by atoms with Gasteiger partial charge in [-0.2, -0.15) is 0 Å². The molecule has 259 valence electrons. The largest absolute Gasteiger partial charge is 0.406 e. The lowest BCUT2D eigenvalue weighted by molar-refractivity contribution is 0.00494. The Kier molecular flexibility index (Phi) is 10.9. The van der Waals surface area contributed by atoms with E-state index in [-0.39, 0.29) is 22.6 Å². The molecule has 1 radical (unpaired) electrons. The Labute approximate surface area is 304 Å². The molecule has 1 N–H and O–H groups in total. The van der Waals surface area contributed by atoms with E-state index in [9.17, 15) is 4.79 Å². The lowest BCUT2D eigenvalue weighted by Crippen LogP contribution is -2.67. The molecule has 1 aliphatic rings. The van der Waals surface area contributed by atoms with E-state index in [1.807, 2.05) is 29.6 Å². The molecule has 1 saturated heterocycles. The highest BCUT2D eigenvalue weighted by molar-refractivity contribution is 7.14. The third-order valence-corrected chi connectivity index (χ3v) is 17.7. The van der Waals surface area contributed by atoms with Crippen LogP contribution in [0.1, 0.15) is 52.0 Å². The van der Waals surface area contributed by atoms with Crippen LogP contribution in [0, 0.1) is 11.3 Å². The van der Waals surface area contributed by atoms with Crippen LogP contribution in [-0.4, -0.2) is 54.2 Å². The molecule has 0 aliphatic carbocycles. The van der Waals surface area contributed by atoms with E-state index in [2.05, 4.69) is 149 Å². The van der Waals surface area contributed by atoms with Crippen molar-refractivity contribution in [2.24, 2.45) is 11.3 Å². The van der Waals surface area contributed by atoms with Gasteiger partial charge < -0.3 is 19.1 Å². The summed E-state index contributed by atoms with van der Waals surface area (Å²) in [5.41, 5.74) is 0.467. The zero-order valence-electron chi connectivity index (χ0n) is 29.9. The molecular formula is C41H48N3O3SSi2. The van der Waals surface area contributed by atoms with Crippen LogP contribution in [0.25, 0.3) is 0 Å². The van der Waals surface area contributed by atoms with Gasteiger partial charge >= 0.3 is 0 Å². The number of nitrogens with one attached hydrogen (secondary N) is 1. The highest BCUT2D eigenvalue weighted by Crippen LogP contribution is 2.43. The third kappa shape index (κ3) is 7.57. The Balaban J connectivity index is 1.16. The molecule has 1 fully saturated rings. The second-order valence-corrected chi connectivity index (χ2v) is 22.2. The van der Waals surface area contributed by atoms with E-state index in [1.54, 1.807) is 0 Å². The van der Waals surface area contributed by atoms with Crippen LogP contribution >= 0.6 is 11.3 Å². The number of carbonyl (C=O) groups excluding carboxylic acids is 1. The normalized spacial score (nSPS) is 16.7. The van der Waals surface area contributed by atoms with Gasteiger partial charge in [-0.1, -0.05) is 163 Å². The molecule has 0 spiro atoms. The summed E-state index contributed by atoms with van der Waals surface area (Å²) in [6.45, 7) is 15.2. The van der Waals surface area contributed by atoms with E-state index < -0.39 is 17.4 Å². The van der Waals surface area contributed by atoms with Crippen molar-refractivity contribution in [3.63, 3.8) is 0 Å². The molecule has 0 bridgehead atoms. The molecule has 2 atom stereocenters. The van der Waals surface area contributed by atoms with Crippen LogP contribution in [0.2, 0.25) is 5.04 Å². The number of carbonyl (C=O) groups is 1. The third-order valence-electron chi connectivity index (χ3n) is 9.56. The Morgan fingerprint density at radius 1 is 0.820 bits per heavy atom. The second kappa shape index (κ2) is 15.2. The number of benzene rings is 4. The van der Waals surface area contributed by atoms with E-state index in [0.717, 1.165) is 11.7 Å². The van der Waals surface area contributed by atoms with Crippen molar-refractivity contribution >= 4 is 60.5 Å². The van der Waals surface area contributed by atoms with Crippen molar-refractivity contribution in [1.29, 1.82) is 0 Å². The number of aromatic nitrogens is 1. The highest BCUT2D eigenvalue weighted by Gasteiger charge is 2.50. The van der Waals surface area contributed by atoms with Crippen molar-refractivity contribution in [3.05, 3.63) is 132 Å². The average molecular weight is 719 g/mol. The van der Waals surface area contributed by atoms with Gasteiger partial charge in [-0.05, 0) is 31.2 Å². The maximum absolute atomic E-state index is 13.4. The van der Waals surface area contributed by atoms with Crippen LogP contribution in [0.5, 0.6) is 0 Å². The van der Waals surface area contributed by atoms with Gasteiger partial charge in [0.1, 0.15) is 11.9 Å². The molecule has 1 aliphatic heterocycles. The molecule has 1 amide bonds. The Morgan fingerprint density at radius 3 is 1.80 bits per heavy atom. The SMILES string of the molecule is CC(C)(C)C1CN(c2nc(C(=O)NCCO[Si](c3ccccc3)(c3ccccc3)C(C)(C)C)cs2)C1O[Si](c1ccccc1)c1ccccc1. The summed E-state index contributed by atoms with van der Waals surface area (Å²) in [4.78, 5) is 20.5. The maximum atomic E-state index is 13.4. The number of anilines is 1. The van der Waals surface area contributed by atoms with Crippen LogP contribution in [-0.2, 0) is 8.85 Å². The molecule has 6 rings (SSSR count). The fourth-order valence-electron chi connectivity index (χ4n) is 6.84. The van der Waals surface area contributed by atoms with Crippen LogP contribution in [0.3, 0.4) is 0 Å². The molecule has 9 heteroatoms. The second-order valence-electron chi connectivity index (χ2n) is 15.0. The van der Waals surface area contributed by atoms with Crippen molar-refractivity contribution < 1.29 is 13.6 Å². The topological polar surface area (TPSA) is 63.7 Å². The van der Waals surface area contributed by atoms with E-state index >= 15 is 0 Å². The molecule has 2 unspecified atom stereocenters. The first-order chi connectivity index (χ1) is 24.0. The van der Waals surface area contributed by atoms with E-state index in [0.29, 0.717) is 24.8 Å². The van der Waals surface area contributed by atoms with Crippen LogP contribution in [0.4, 0.5) is 5.13 Å². The quantitative estimate of drug-likeness (QED) is 0.125. The summed E-state index contributed by atoms with van der Waals surface area (Å²) in [6.07, 6.45) is -0.147. The van der Waals surface area contributed by atoms with Gasteiger partial charge in [-0.15, -0.1) is 11.3 Å². The lowest BCUT2D eigenvalue weighted by atomic mass is 9.74. The summed E-state index contributed by atoms with van der Waals surface area (Å²) in [7, 11) is -4.22. The predicted molar refractivity (Wildman–Crippen MR) is 211 cm³/mol. The molecule has 5 aromatic rings. The number of nitrogens with zero attached hydrogens (tertiary/aromatic N) is 2. The van der Waals surface area contributed by atoms with Gasteiger partial charge in [0.2, 0.25) is 0 Å². The summed E-state index contributed by atoms with van der Waals surface area (Å²) >= 11 is 1.50. The molecule has 50 heavy (non-hydrogen) atoms. The van der Waals surface area contributed by atoms with Crippen LogP contribution < -0.4 is 31.0 Å². The summed E-state index contributed by atoms with van der Waals surface area (Å²) in [6, 6.07) is 42.2. The smallest absolute Gasteiger partial charge is 0.285 e. The van der Waals surface area contributed by atoms with E-state index in [1.165, 1.54) is 32.1 Å². The summed E-state index contributed by atoms with van der Waals surface area (Å²) in [5.74, 6) is 0.122. The number of rotatable bonds is 12. The number of hydrogen-bond donors (Lipinski definition) is 1. The van der Waals surface area contributed by atoms with Crippen LogP contribution in [0.15, 0.2) is 127 Å². The molecule has 0 saturated carbocycles. The Bertz CT molecular complexity index is 1750. The maximum Gasteiger partial charge on any atom is 0.285 e. The molecule has 6 nitrogen and oxygen atoms in total. The van der Waals surface area contributed by atoms with Gasteiger partial charge in [0.05, 0.1) is 6.61 Å². The van der Waals surface area contributed by atoms with Gasteiger partial charge in [-0.3, -0.25) is 4.79 Å². The van der Waals surface area contributed by atoms with Crippen molar-refractivity contribution in [2.75, 3.05) is 24.6 Å². The standard InChI is InChI=1S/C41H48N3O3SSi2/c1-40(2,3)35-29-44(38(35)47-49(31-19-11-7-12-20-31)32-21-13-8-14-22-32)39-43-36(30-48-39)37(45)42-27-28-46-50(41(4,5)6,33-23-15-9-16-24-33)34-25-17-10-18-26-34/h7-26,30,35,38H,27-29H2,1-6H3,(H,42,45). The number of hydrogen-bond acceptors (Lipinski definition) is 6. The first-order valence-corrected chi connectivity index (χ1v) is 21.6. The molecule has 2 heterocycles. The Morgan fingerprint density at radius 2 is 1.32 bits per heavy atom. The first kappa shape index (κ1) is 35.9. The van der Waals surface area contributed by atoms with Gasteiger partial charge in [0.15, 0.2) is 5.13 Å².